The van der Waals surface area contributed by atoms with E-state index in [1.165, 1.54) is 6.42 Å². The van der Waals surface area contributed by atoms with Crippen LogP contribution in [0.4, 0.5) is 4.79 Å². The Morgan fingerprint density at radius 3 is 3.12 bits per heavy atom. The van der Waals surface area contributed by atoms with Crippen LogP contribution in [0.1, 0.15) is 31.5 Å². The monoisotopic (exact) mass is 238 g/mol. The summed E-state index contributed by atoms with van der Waals surface area (Å²) >= 11 is 0. The zero-order valence-corrected chi connectivity index (χ0v) is 10.3. The minimum atomic E-state index is -0.0426. The van der Waals surface area contributed by atoms with Gasteiger partial charge in [0.2, 0.25) is 5.89 Å². The Kier molecular flexibility index (Phi) is 3.61. The molecule has 94 valence electrons. The summed E-state index contributed by atoms with van der Waals surface area (Å²) in [6.45, 7) is 5.88. The first-order valence-electron chi connectivity index (χ1n) is 5.97. The number of urea groups is 1. The van der Waals surface area contributed by atoms with Gasteiger partial charge in [0.05, 0.1) is 6.54 Å². The molecule has 2 amide bonds. The lowest BCUT2D eigenvalue weighted by molar-refractivity contribution is 0.169. The first-order chi connectivity index (χ1) is 8.15. The molecule has 6 heteroatoms. The van der Waals surface area contributed by atoms with E-state index in [0.29, 0.717) is 24.2 Å². The number of nitrogens with one attached hydrogen (secondary N) is 1. The van der Waals surface area contributed by atoms with E-state index in [1.54, 1.807) is 6.92 Å². The van der Waals surface area contributed by atoms with E-state index in [4.69, 9.17) is 4.52 Å². The van der Waals surface area contributed by atoms with Gasteiger partial charge in [-0.1, -0.05) is 12.1 Å². The van der Waals surface area contributed by atoms with Crippen molar-refractivity contribution < 1.29 is 9.32 Å². The molecule has 1 aliphatic rings. The number of carbonyl (C=O) groups is 1. The van der Waals surface area contributed by atoms with E-state index in [9.17, 15) is 4.79 Å². The maximum absolute atomic E-state index is 11.9. The maximum Gasteiger partial charge on any atom is 0.317 e. The lowest BCUT2D eigenvalue weighted by atomic mass is 10.0. The summed E-state index contributed by atoms with van der Waals surface area (Å²) in [6.07, 6.45) is 2.28. The smallest absolute Gasteiger partial charge is 0.317 e. The first-order valence-corrected chi connectivity index (χ1v) is 5.97. The van der Waals surface area contributed by atoms with E-state index in [2.05, 4.69) is 22.4 Å². The number of nitrogens with zero attached hydrogens (tertiary/aromatic N) is 3. The van der Waals surface area contributed by atoms with Crippen molar-refractivity contribution in [2.75, 3.05) is 13.1 Å². The SMILES string of the molecule is Cc1nc(CNC(=O)N2CCCC(C)C2)no1. The molecule has 1 aromatic heterocycles. The molecule has 1 aromatic rings. The fourth-order valence-corrected chi connectivity index (χ4v) is 2.05. The summed E-state index contributed by atoms with van der Waals surface area (Å²) in [5.74, 6) is 1.61. The highest BCUT2D eigenvalue weighted by molar-refractivity contribution is 5.74. The third-order valence-corrected chi connectivity index (χ3v) is 2.91. The van der Waals surface area contributed by atoms with Gasteiger partial charge in [-0.15, -0.1) is 0 Å². The summed E-state index contributed by atoms with van der Waals surface area (Å²) in [5.41, 5.74) is 0. The van der Waals surface area contributed by atoms with E-state index in [1.807, 2.05) is 4.90 Å². The average molecular weight is 238 g/mol. The van der Waals surface area contributed by atoms with Gasteiger partial charge in [-0.05, 0) is 18.8 Å². The fourth-order valence-electron chi connectivity index (χ4n) is 2.05. The second-order valence-electron chi connectivity index (χ2n) is 4.58. The van der Waals surface area contributed by atoms with Crippen LogP contribution in [0.5, 0.6) is 0 Å². The van der Waals surface area contributed by atoms with Gasteiger partial charge in [-0.2, -0.15) is 4.98 Å². The van der Waals surface area contributed by atoms with Crippen LogP contribution in [-0.4, -0.2) is 34.2 Å². The van der Waals surface area contributed by atoms with Gasteiger partial charge >= 0.3 is 6.03 Å². The van der Waals surface area contributed by atoms with Crippen molar-refractivity contribution in [2.45, 2.75) is 33.2 Å². The van der Waals surface area contributed by atoms with Crippen molar-refractivity contribution in [2.24, 2.45) is 5.92 Å². The highest BCUT2D eigenvalue weighted by atomic mass is 16.5. The number of carbonyl (C=O) groups excluding carboxylic acids is 1. The molecule has 1 unspecified atom stereocenters. The van der Waals surface area contributed by atoms with Crippen molar-refractivity contribution in [1.29, 1.82) is 0 Å². The summed E-state index contributed by atoms with van der Waals surface area (Å²) in [6, 6.07) is -0.0426. The molecule has 0 aliphatic carbocycles. The number of rotatable bonds is 2. The second kappa shape index (κ2) is 5.16. The van der Waals surface area contributed by atoms with E-state index in [0.717, 1.165) is 19.5 Å². The number of hydrogen-bond acceptors (Lipinski definition) is 4. The van der Waals surface area contributed by atoms with Crippen LogP contribution in [-0.2, 0) is 6.54 Å². The number of piperidine rings is 1. The van der Waals surface area contributed by atoms with Crippen LogP contribution in [0.15, 0.2) is 4.52 Å². The van der Waals surface area contributed by atoms with Gasteiger partial charge in [-0.25, -0.2) is 4.79 Å². The van der Waals surface area contributed by atoms with Crippen LogP contribution < -0.4 is 5.32 Å². The van der Waals surface area contributed by atoms with Crippen LogP contribution in [0.3, 0.4) is 0 Å². The summed E-state index contributed by atoms with van der Waals surface area (Å²) in [5, 5.41) is 6.53. The predicted octanol–water partition coefficient (Wildman–Crippen LogP) is 1.32. The van der Waals surface area contributed by atoms with Crippen molar-refractivity contribution in [3.63, 3.8) is 0 Å². The topological polar surface area (TPSA) is 71.3 Å². The number of amides is 2. The molecular weight excluding hydrogens is 220 g/mol. The van der Waals surface area contributed by atoms with Gasteiger partial charge < -0.3 is 14.7 Å². The first kappa shape index (κ1) is 11.9. The maximum atomic E-state index is 11.9. The molecular formula is C11H18N4O2. The molecule has 0 spiro atoms. The number of aromatic nitrogens is 2. The van der Waals surface area contributed by atoms with Gasteiger partial charge in [0.25, 0.3) is 0 Å². The van der Waals surface area contributed by atoms with Gasteiger partial charge in [0, 0.05) is 20.0 Å². The van der Waals surface area contributed by atoms with Gasteiger partial charge in [-0.3, -0.25) is 0 Å². The molecule has 0 bridgehead atoms. The van der Waals surface area contributed by atoms with E-state index in [-0.39, 0.29) is 6.03 Å². The Balaban J connectivity index is 1.80. The molecule has 0 saturated carbocycles. The zero-order chi connectivity index (χ0) is 12.3. The van der Waals surface area contributed by atoms with Crippen LogP contribution in [0.2, 0.25) is 0 Å². The molecule has 6 nitrogen and oxygen atoms in total. The lowest BCUT2D eigenvalue weighted by Crippen LogP contribution is -2.44. The number of likely N-dealkylation sites (tertiary alicyclic amines) is 1. The highest BCUT2D eigenvalue weighted by Gasteiger charge is 2.20. The highest BCUT2D eigenvalue weighted by Crippen LogP contribution is 2.15. The molecule has 17 heavy (non-hydrogen) atoms. The Labute approximate surface area is 100 Å². The molecule has 1 fully saturated rings. The van der Waals surface area contributed by atoms with Crippen molar-refractivity contribution in [3.8, 4) is 0 Å². The minimum absolute atomic E-state index is 0.0426. The van der Waals surface area contributed by atoms with E-state index >= 15 is 0 Å². The fraction of sp³-hybridized carbons (Fsp3) is 0.727. The molecule has 0 radical (unpaired) electrons. The van der Waals surface area contributed by atoms with Crippen molar-refractivity contribution >= 4 is 6.03 Å². The quantitative estimate of drug-likeness (QED) is 0.843. The third kappa shape index (κ3) is 3.18. The molecule has 1 atom stereocenters. The number of aryl methyl sites for hydroxylation is 1. The van der Waals surface area contributed by atoms with Gasteiger partial charge in [0.15, 0.2) is 5.82 Å². The molecule has 2 heterocycles. The molecule has 1 saturated heterocycles. The lowest BCUT2D eigenvalue weighted by Gasteiger charge is -2.30. The Bertz CT molecular complexity index is 391. The minimum Gasteiger partial charge on any atom is -0.340 e. The average Bonchev–Trinajstić information content (AvgIpc) is 2.72. The Morgan fingerprint density at radius 1 is 1.65 bits per heavy atom. The number of hydrogen-bond donors (Lipinski definition) is 1. The molecule has 2 rings (SSSR count). The molecule has 1 aliphatic heterocycles. The van der Waals surface area contributed by atoms with E-state index < -0.39 is 0 Å². The molecule has 1 N–H and O–H groups in total. The van der Waals surface area contributed by atoms with Gasteiger partial charge in [0.1, 0.15) is 0 Å². The van der Waals surface area contributed by atoms with Crippen LogP contribution >= 0.6 is 0 Å². The van der Waals surface area contributed by atoms with Crippen LogP contribution in [0, 0.1) is 12.8 Å². The van der Waals surface area contributed by atoms with Crippen LogP contribution in [0.25, 0.3) is 0 Å². The third-order valence-electron chi connectivity index (χ3n) is 2.91. The molecule has 0 aromatic carbocycles. The standard InChI is InChI=1S/C11H18N4O2/c1-8-4-3-5-15(7-8)11(16)12-6-10-13-9(2)17-14-10/h8H,3-7H2,1-2H3,(H,12,16). The van der Waals surface area contributed by atoms with Crippen molar-refractivity contribution in [3.05, 3.63) is 11.7 Å². The Morgan fingerprint density at radius 2 is 2.47 bits per heavy atom. The predicted molar refractivity (Wildman–Crippen MR) is 61.2 cm³/mol. The summed E-state index contributed by atoms with van der Waals surface area (Å²) in [7, 11) is 0. The van der Waals surface area contributed by atoms with Crippen molar-refractivity contribution in [1.82, 2.24) is 20.4 Å². The zero-order valence-electron chi connectivity index (χ0n) is 10.3. The normalized spacial score (nSPS) is 20.4. The largest absolute Gasteiger partial charge is 0.340 e. The summed E-state index contributed by atoms with van der Waals surface area (Å²) < 4.78 is 4.83. The second-order valence-corrected chi connectivity index (χ2v) is 4.58. The summed E-state index contributed by atoms with van der Waals surface area (Å²) in [4.78, 5) is 17.7. The Hall–Kier alpha value is -1.59.